The van der Waals surface area contributed by atoms with E-state index in [4.69, 9.17) is 10.7 Å². The van der Waals surface area contributed by atoms with E-state index in [1.54, 1.807) is 0 Å². The van der Waals surface area contributed by atoms with E-state index in [1.165, 1.54) is 48.2 Å². The van der Waals surface area contributed by atoms with Gasteiger partial charge >= 0.3 is 0 Å². The van der Waals surface area contributed by atoms with E-state index in [0.29, 0.717) is 16.9 Å². The van der Waals surface area contributed by atoms with Gasteiger partial charge in [-0.05, 0) is 61.6 Å². The van der Waals surface area contributed by atoms with Gasteiger partial charge in [0.2, 0.25) is 0 Å². The maximum absolute atomic E-state index is 6.18. The molecule has 3 aromatic rings. The number of hydrogen-bond donors (Lipinski definition) is 1. The zero-order chi connectivity index (χ0) is 21.3. The van der Waals surface area contributed by atoms with Crippen molar-refractivity contribution in [3.05, 3.63) is 53.3 Å². The summed E-state index contributed by atoms with van der Waals surface area (Å²) in [5.41, 5.74) is 14.9. The molecule has 30 heavy (non-hydrogen) atoms. The summed E-state index contributed by atoms with van der Waals surface area (Å²) >= 11 is 0. The molecule has 3 heterocycles. The summed E-state index contributed by atoms with van der Waals surface area (Å²) in [4.78, 5) is 7.79. The van der Waals surface area contributed by atoms with E-state index in [0.717, 1.165) is 23.6 Å². The van der Waals surface area contributed by atoms with Gasteiger partial charge in [-0.2, -0.15) is 0 Å². The standard InChI is InChI=1S/C26H34N4/c1-17-6-8-21(18(2)10-17)24-22(30-13-19(27)7-9-23(30)28-24)14-29-16-26(5)12-20(29)11-25(3,4)15-26/h6-10,13,20H,11-12,14-16,27H2,1-5H3. The second kappa shape index (κ2) is 6.58. The average molecular weight is 403 g/mol. The fourth-order valence-electron chi connectivity index (χ4n) is 6.51. The Hall–Kier alpha value is -2.33. The molecule has 0 radical (unpaired) electrons. The number of pyridine rings is 1. The molecule has 1 saturated carbocycles. The first-order valence-electron chi connectivity index (χ1n) is 11.2. The van der Waals surface area contributed by atoms with Crippen molar-refractivity contribution in [3.8, 4) is 11.3 Å². The number of aromatic nitrogens is 2. The number of likely N-dealkylation sites (tertiary alicyclic amines) is 1. The second-order valence-electron chi connectivity index (χ2n) is 11.0. The highest BCUT2D eigenvalue weighted by Gasteiger charge is 2.49. The van der Waals surface area contributed by atoms with Crippen molar-refractivity contribution in [1.29, 1.82) is 0 Å². The lowest BCUT2D eigenvalue weighted by Crippen LogP contribution is -2.34. The average Bonchev–Trinajstić information content (AvgIpc) is 3.08. The van der Waals surface area contributed by atoms with Gasteiger partial charge in [-0.3, -0.25) is 4.90 Å². The first-order chi connectivity index (χ1) is 14.1. The van der Waals surface area contributed by atoms with Gasteiger partial charge in [0, 0.05) is 36.6 Å². The summed E-state index contributed by atoms with van der Waals surface area (Å²) < 4.78 is 2.22. The molecule has 1 aliphatic heterocycles. The van der Waals surface area contributed by atoms with E-state index in [1.807, 2.05) is 18.3 Å². The first kappa shape index (κ1) is 19.6. The molecule has 1 aromatic carbocycles. The lowest BCUT2D eigenvalue weighted by atomic mass is 9.65. The van der Waals surface area contributed by atoms with Crippen LogP contribution < -0.4 is 5.73 Å². The zero-order valence-corrected chi connectivity index (χ0v) is 19.0. The van der Waals surface area contributed by atoms with Crippen molar-refractivity contribution in [2.45, 2.75) is 66.5 Å². The van der Waals surface area contributed by atoms with Crippen molar-refractivity contribution in [2.75, 3.05) is 12.3 Å². The highest BCUT2D eigenvalue weighted by molar-refractivity contribution is 5.70. The molecule has 2 atom stereocenters. The Balaban J connectivity index is 1.61. The van der Waals surface area contributed by atoms with Gasteiger partial charge in [-0.15, -0.1) is 0 Å². The topological polar surface area (TPSA) is 46.6 Å². The van der Waals surface area contributed by atoms with Crippen LogP contribution in [0.3, 0.4) is 0 Å². The van der Waals surface area contributed by atoms with Gasteiger partial charge in [0.1, 0.15) is 5.65 Å². The molecule has 0 spiro atoms. The smallest absolute Gasteiger partial charge is 0.137 e. The van der Waals surface area contributed by atoms with Crippen LogP contribution in [0, 0.1) is 24.7 Å². The van der Waals surface area contributed by atoms with E-state index >= 15 is 0 Å². The van der Waals surface area contributed by atoms with E-state index < -0.39 is 0 Å². The molecule has 2 unspecified atom stereocenters. The maximum atomic E-state index is 6.18. The minimum Gasteiger partial charge on any atom is -0.398 e. The Morgan fingerprint density at radius 2 is 1.90 bits per heavy atom. The number of nitrogens with two attached hydrogens (primary N) is 1. The fourth-order valence-corrected chi connectivity index (χ4v) is 6.51. The highest BCUT2D eigenvalue weighted by atomic mass is 15.2. The number of imidazole rings is 1. The number of rotatable bonds is 3. The van der Waals surface area contributed by atoms with Crippen LogP contribution in [0.4, 0.5) is 5.69 Å². The molecule has 2 N–H and O–H groups in total. The zero-order valence-electron chi connectivity index (χ0n) is 19.0. The molecule has 2 aliphatic rings. The summed E-state index contributed by atoms with van der Waals surface area (Å²) in [6, 6.07) is 11.3. The molecule has 4 nitrogen and oxygen atoms in total. The second-order valence-corrected chi connectivity index (χ2v) is 11.0. The molecular formula is C26H34N4. The molecule has 4 heteroatoms. The molecule has 2 bridgehead atoms. The van der Waals surface area contributed by atoms with Crippen molar-refractivity contribution < 1.29 is 0 Å². The SMILES string of the molecule is Cc1ccc(-c2nc3ccc(N)cn3c2CN2CC3(C)CC2CC(C)(C)C3)c(C)c1. The molecule has 5 rings (SSSR count). The molecular weight excluding hydrogens is 368 g/mol. The van der Waals surface area contributed by atoms with Crippen LogP contribution in [0.25, 0.3) is 16.9 Å². The van der Waals surface area contributed by atoms with Crippen LogP contribution in [-0.2, 0) is 6.54 Å². The van der Waals surface area contributed by atoms with Gasteiger partial charge < -0.3 is 10.1 Å². The highest BCUT2D eigenvalue weighted by Crippen LogP contribution is 2.53. The molecule has 0 amide bonds. The fraction of sp³-hybridized carbons (Fsp3) is 0.500. The van der Waals surface area contributed by atoms with Gasteiger partial charge in [-0.1, -0.05) is 44.5 Å². The lowest BCUT2D eigenvalue weighted by Gasteiger charge is -2.40. The van der Waals surface area contributed by atoms with Crippen molar-refractivity contribution in [3.63, 3.8) is 0 Å². The minimum absolute atomic E-state index is 0.422. The number of hydrogen-bond acceptors (Lipinski definition) is 3. The monoisotopic (exact) mass is 402 g/mol. The van der Waals surface area contributed by atoms with Gasteiger partial charge in [0.05, 0.1) is 11.4 Å². The van der Waals surface area contributed by atoms with Crippen LogP contribution in [0.5, 0.6) is 0 Å². The Kier molecular flexibility index (Phi) is 4.31. The predicted molar refractivity (Wildman–Crippen MR) is 124 cm³/mol. The number of aryl methyl sites for hydroxylation is 2. The third-order valence-corrected chi connectivity index (χ3v) is 7.25. The van der Waals surface area contributed by atoms with E-state index in [-0.39, 0.29) is 0 Å². The third-order valence-electron chi connectivity index (χ3n) is 7.25. The summed E-state index contributed by atoms with van der Waals surface area (Å²) in [7, 11) is 0. The number of anilines is 1. The number of benzene rings is 1. The largest absolute Gasteiger partial charge is 0.398 e. The van der Waals surface area contributed by atoms with Crippen molar-refractivity contribution >= 4 is 11.3 Å². The van der Waals surface area contributed by atoms with E-state index in [9.17, 15) is 0 Å². The molecule has 1 aliphatic carbocycles. The van der Waals surface area contributed by atoms with Crippen molar-refractivity contribution in [1.82, 2.24) is 14.3 Å². The van der Waals surface area contributed by atoms with Gasteiger partial charge in [0.25, 0.3) is 0 Å². The summed E-state index contributed by atoms with van der Waals surface area (Å²) in [6.07, 6.45) is 5.95. The van der Waals surface area contributed by atoms with Crippen LogP contribution in [0.2, 0.25) is 0 Å². The van der Waals surface area contributed by atoms with Gasteiger partial charge in [0.15, 0.2) is 0 Å². The van der Waals surface area contributed by atoms with Crippen LogP contribution >= 0.6 is 0 Å². The maximum Gasteiger partial charge on any atom is 0.137 e. The summed E-state index contributed by atoms with van der Waals surface area (Å²) in [6.45, 7) is 13.8. The number of nitrogens with zero attached hydrogens (tertiary/aromatic N) is 3. The predicted octanol–water partition coefficient (Wildman–Crippen LogP) is 5.60. The quantitative estimate of drug-likeness (QED) is 0.620. The Morgan fingerprint density at radius 1 is 1.10 bits per heavy atom. The Morgan fingerprint density at radius 3 is 2.67 bits per heavy atom. The summed E-state index contributed by atoms with van der Waals surface area (Å²) in [5.74, 6) is 0. The number of fused-ring (bicyclic) bond motifs is 3. The molecule has 2 fully saturated rings. The van der Waals surface area contributed by atoms with Crippen LogP contribution in [0.1, 0.15) is 56.9 Å². The van der Waals surface area contributed by atoms with Gasteiger partial charge in [-0.25, -0.2) is 4.98 Å². The first-order valence-corrected chi connectivity index (χ1v) is 11.2. The van der Waals surface area contributed by atoms with Crippen LogP contribution in [0.15, 0.2) is 36.5 Å². The normalized spacial score (nSPS) is 25.8. The summed E-state index contributed by atoms with van der Waals surface area (Å²) in [5, 5.41) is 0. The third kappa shape index (κ3) is 3.31. The van der Waals surface area contributed by atoms with E-state index in [2.05, 4.69) is 62.1 Å². The lowest BCUT2D eigenvalue weighted by molar-refractivity contribution is 0.126. The van der Waals surface area contributed by atoms with Crippen LogP contribution in [-0.4, -0.2) is 26.9 Å². The molecule has 158 valence electrons. The van der Waals surface area contributed by atoms with Crippen molar-refractivity contribution in [2.24, 2.45) is 10.8 Å². The Bertz CT molecular complexity index is 1130. The molecule has 1 saturated heterocycles. The Labute approximate surface area is 180 Å². The minimum atomic E-state index is 0.422. The number of nitrogen functional groups attached to an aromatic ring is 1. The molecule has 2 aromatic heterocycles.